The van der Waals surface area contributed by atoms with Gasteiger partial charge >= 0.3 is 0 Å². The van der Waals surface area contributed by atoms with Gasteiger partial charge in [0.25, 0.3) is 0 Å². The van der Waals surface area contributed by atoms with E-state index in [1.807, 2.05) is 20.8 Å². The molecule has 0 aliphatic carbocycles. The van der Waals surface area contributed by atoms with Gasteiger partial charge in [-0.3, -0.25) is 0 Å². The van der Waals surface area contributed by atoms with Gasteiger partial charge in [0.1, 0.15) is 11.0 Å². The minimum atomic E-state index is -3.57. The maximum atomic E-state index is 12.3. The van der Waals surface area contributed by atoms with Crippen LogP contribution in [0.25, 0.3) is 0 Å². The van der Waals surface area contributed by atoms with Crippen LogP contribution in [-0.4, -0.2) is 28.7 Å². The highest BCUT2D eigenvalue weighted by atomic mass is 32.2. The lowest BCUT2D eigenvalue weighted by Crippen LogP contribution is -2.13. The fraction of sp³-hybridized carbons (Fsp3) is 0.667. The zero-order valence-corrected chi connectivity index (χ0v) is 13.2. The Kier molecular flexibility index (Phi) is 4.40. The normalized spacial score (nSPS) is 13.8. The summed E-state index contributed by atoms with van der Waals surface area (Å²) in [5.41, 5.74) is 0. The molecule has 0 N–H and O–H groups in total. The highest BCUT2D eigenvalue weighted by molar-refractivity contribution is 7.90. The van der Waals surface area contributed by atoms with Gasteiger partial charge in [-0.05, 0) is 6.92 Å². The first-order valence-corrected chi connectivity index (χ1v) is 8.41. The second kappa shape index (κ2) is 5.92. The Morgan fingerprint density at radius 3 is 2.33 bits per heavy atom. The van der Waals surface area contributed by atoms with E-state index in [4.69, 9.17) is 9.05 Å². The second-order valence-electron chi connectivity index (χ2n) is 5.05. The lowest BCUT2D eigenvalue weighted by Gasteiger charge is -2.06. The zero-order chi connectivity index (χ0) is 15.6. The van der Waals surface area contributed by atoms with Crippen LogP contribution in [-0.2, 0) is 22.0 Å². The van der Waals surface area contributed by atoms with Crippen molar-refractivity contribution in [2.45, 2.75) is 51.0 Å². The summed E-state index contributed by atoms with van der Waals surface area (Å²) in [4.78, 5) is 8.12. The Balaban J connectivity index is 2.17. The molecule has 0 fully saturated rings. The molecule has 0 saturated carbocycles. The average molecular weight is 314 g/mol. The van der Waals surface area contributed by atoms with Crippen LogP contribution in [0, 0.1) is 0 Å². The molecule has 0 saturated heterocycles. The molecule has 1 atom stereocenters. The number of aryl methyl sites for hydroxylation is 1. The SMILES string of the molecule is CCc1noc(CS(=O)(=O)C(C)c2nc(C(C)C)no2)n1. The molecular weight excluding hydrogens is 296 g/mol. The van der Waals surface area contributed by atoms with Crippen LogP contribution >= 0.6 is 0 Å². The molecule has 0 aromatic carbocycles. The van der Waals surface area contributed by atoms with Gasteiger partial charge in [-0.25, -0.2) is 8.42 Å². The highest BCUT2D eigenvalue weighted by Crippen LogP contribution is 2.24. The van der Waals surface area contributed by atoms with E-state index < -0.39 is 15.1 Å². The van der Waals surface area contributed by atoms with E-state index in [1.165, 1.54) is 6.92 Å². The second-order valence-corrected chi connectivity index (χ2v) is 7.37. The van der Waals surface area contributed by atoms with Crippen molar-refractivity contribution >= 4 is 9.84 Å². The first-order valence-electron chi connectivity index (χ1n) is 6.70. The largest absolute Gasteiger partial charge is 0.338 e. The lowest BCUT2D eigenvalue weighted by molar-refractivity contribution is 0.367. The average Bonchev–Trinajstić information content (AvgIpc) is 3.05. The molecule has 2 rings (SSSR count). The monoisotopic (exact) mass is 314 g/mol. The van der Waals surface area contributed by atoms with E-state index in [0.717, 1.165) is 0 Å². The quantitative estimate of drug-likeness (QED) is 0.793. The van der Waals surface area contributed by atoms with Crippen molar-refractivity contribution in [2.24, 2.45) is 0 Å². The number of nitrogens with zero attached hydrogens (tertiary/aromatic N) is 4. The zero-order valence-electron chi connectivity index (χ0n) is 12.4. The van der Waals surface area contributed by atoms with Crippen molar-refractivity contribution in [1.82, 2.24) is 20.3 Å². The maximum Gasteiger partial charge on any atom is 0.244 e. The van der Waals surface area contributed by atoms with Crippen LogP contribution in [0.4, 0.5) is 0 Å². The maximum absolute atomic E-state index is 12.3. The van der Waals surface area contributed by atoms with Gasteiger partial charge in [0.15, 0.2) is 21.5 Å². The standard InChI is InChI=1S/C12H18N4O4S/c1-5-9-13-10(19-15-9)6-21(17,18)8(4)12-14-11(7(2)3)16-20-12/h7-8H,5-6H2,1-4H3. The van der Waals surface area contributed by atoms with E-state index >= 15 is 0 Å². The summed E-state index contributed by atoms with van der Waals surface area (Å²) in [7, 11) is -3.57. The summed E-state index contributed by atoms with van der Waals surface area (Å²) in [5.74, 6) is 0.836. The molecule has 2 heterocycles. The molecule has 0 radical (unpaired) electrons. The predicted octanol–water partition coefficient (Wildman–Crippen LogP) is 1.81. The summed E-state index contributed by atoms with van der Waals surface area (Å²) < 4.78 is 34.6. The van der Waals surface area contributed by atoms with Crippen LogP contribution in [0.5, 0.6) is 0 Å². The number of rotatable bonds is 6. The number of sulfone groups is 1. The summed E-state index contributed by atoms with van der Waals surface area (Å²) in [5, 5.41) is 6.53. The molecule has 1 unspecified atom stereocenters. The molecule has 9 heteroatoms. The van der Waals surface area contributed by atoms with Crippen molar-refractivity contribution in [2.75, 3.05) is 0 Å². The smallest absolute Gasteiger partial charge is 0.244 e. The minimum absolute atomic E-state index is 0.0699. The highest BCUT2D eigenvalue weighted by Gasteiger charge is 2.30. The molecule has 2 aromatic rings. The summed E-state index contributed by atoms with van der Waals surface area (Å²) in [6, 6.07) is 0. The first kappa shape index (κ1) is 15.6. The summed E-state index contributed by atoms with van der Waals surface area (Å²) >= 11 is 0. The summed E-state index contributed by atoms with van der Waals surface area (Å²) in [6.45, 7) is 7.17. The van der Waals surface area contributed by atoms with Crippen molar-refractivity contribution in [3.63, 3.8) is 0 Å². The molecule has 0 aliphatic rings. The van der Waals surface area contributed by atoms with Gasteiger partial charge in [-0.15, -0.1) is 0 Å². The Morgan fingerprint density at radius 1 is 1.10 bits per heavy atom. The number of hydrogen-bond acceptors (Lipinski definition) is 8. The van der Waals surface area contributed by atoms with E-state index in [0.29, 0.717) is 18.1 Å². The van der Waals surface area contributed by atoms with Crippen molar-refractivity contribution in [3.05, 3.63) is 23.4 Å². The van der Waals surface area contributed by atoms with Gasteiger partial charge in [-0.1, -0.05) is 31.1 Å². The van der Waals surface area contributed by atoms with Crippen LogP contribution in [0.3, 0.4) is 0 Å². The van der Waals surface area contributed by atoms with Crippen molar-refractivity contribution < 1.29 is 17.5 Å². The van der Waals surface area contributed by atoms with Gasteiger partial charge in [0, 0.05) is 12.3 Å². The van der Waals surface area contributed by atoms with Crippen molar-refractivity contribution in [1.29, 1.82) is 0 Å². The third-order valence-corrected chi connectivity index (χ3v) is 4.94. The third kappa shape index (κ3) is 3.46. The van der Waals surface area contributed by atoms with Gasteiger partial charge in [-0.2, -0.15) is 9.97 Å². The predicted molar refractivity (Wildman–Crippen MR) is 73.1 cm³/mol. The van der Waals surface area contributed by atoms with E-state index in [-0.39, 0.29) is 23.5 Å². The molecule has 0 spiro atoms. The molecule has 0 amide bonds. The fourth-order valence-electron chi connectivity index (χ4n) is 1.59. The Labute approximate surface area is 122 Å². The van der Waals surface area contributed by atoms with Crippen molar-refractivity contribution in [3.8, 4) is 0 Å². The van der Waals surface area contributed by atoms with Crippen LogP contribution in [0.1, 0.15) is 62.3 Å². The molecule has 116 valence electrons. The van der Waals surface area contributed by atoms with E-state index in [9.17, 15) is 8.42 Å². The van der Waals surface area contributed by atoms with Crippen LogP contribution < -0.4 is 0 Å². The number of aromatic nitrogens is 4. The molecule has 8 nitrogen and oxygen atoms in total. The number of hydrogen-bond donors (Lipinski definition) is 0. The van der Waals surface area contributed by atoms with E-state index in [1.54, 1.807) is 0 Å². The Morgan fingerprint density at radius 2 is 1.81 bits per heavy atom. The van der Waals surface area contributed by atoms with Gasteiger partial charge in [0.2, 0.25) is 11.8 Å². The third-order valence-electron chi connectivity index (χ3n) is 3.01. The lowest BCUT2D eigenvalue weighted by atomic mass is 10.2. The Bertz CT molecular complexity index is 704. The van der Waals surface area contributed by atoms with Crippen LogP contribution in [0.15, 0.2) is 9.05 Å². The minimum Gasteiger partial charge on any atom is -0.338 e. The summed E-state index contributed by atoms with van der Waals surface area (Å²) in [6.07, 6.45) is 0.584. The molecule has 2 aromatic heterocycles. The Hall–Kier alpha value is -1.77. The van der Waals surface area contributed by atoms with Gasteiger partial charge < -0.3 is 9.05 Å². The topological polar surface area (TPSA) is 112 Å². The van der Waals surface area contributed by atoms with E-state index in [2.05, 4.69) is 20.3 Å². The molecule has 0 aliphatic heterocycles. The van der Waals surface area contributed by atoms with Gasteiger partial charge in [0.05, 0.1) is 0 Å². The first-order chi connectivity index (χ1) is 9.83. The molecular formula is C12H18N4O4S. The molecule has 0 bridgehead atoms. The fourth-order valence-corrected chi connectivity index (χ4v) is 2.70. The van der Waals surface area contributed by atoms with Crippen LogP contribution in [0.2, 0.25) is 0 Å². The molecule has 21 heavy (non-hydrogen) atoms.